The number of amides is 1. The van der Waals surface area contributed by atoms with Gasteiger partial charge in [0, 0.05) is 12.0 Å². The van der Waals surface area contributed by atoms with Gasteiger partial charge in [-0.3, -0.25) is 4.79 Å². The summed E-state index contributed by atoms with van der Waals surface area (Å²) >= 11 is 0. The molecule has 1 amide bonds. The van der Waals surface area contributed by atoms with Crippen molar-refractivity contribution in [1.82, 2.24) is 0 Å². The molecule has 2 aliphatic rings. The minimum atomic E-state index is -0.276. The predicted octanol–water partition coefficient (Wildman–Crippen LogP) is 5.18. The SMILES string of the molecule is COc1ccc(C2=CC3(C)CCC(=O)N3c3ccc4ccccc4c32)cc1. The third-order valence-corrected chi connectivity index (χ3v) is 5.88. The topological polar surface area (TPSA) is 29.5 Å². The molecule has 3 aromatic rings. The molecule has 2 aliphatic heterocycles. The van der Waals surface area contributed by atoms with Crippen molar-refractivity contribution in [2.45, 2.75) is 25.3 Å². The van der Waals surface area contributed by atoms with Crippen molar-refractivity contribution in [2.75, 3.05) is 12.0 Å². The molecule has 0 N–H and O–H groups in total. The number of nitrogens with zero attached hydrogens (tertiary/aromatic N) is 1. The van der Waals surface area contributed by atoms with Crippen molar-refractivity contribution < 1.29 is 9.53 Å². The molecular formula is C24H21NO2. The van der Waals surface area contributed by atoms with Gasteiger partial charge in [0.1, 0.15) is 5.75 Å². The third-order valence-electron chi connectivity index (χ3n) is 5.88. The molecule has 5 rings (SSSR count). The van der Waals surface area contributed by atoms with E-state index in [1.807, 2.05) is 17.0 Å². The number of hydrogen-bond donors (Lipinski definition) is 0. The Bertz CT molecular complexity index is 1100. The van der Waals surface area contributed by atoms with E-state index in [-0.39, 0.29) is 11.4 Å². The van der Waals surface area contributed by atoms with Crippen LogP contribution in [0, 0.1) is 0 Å². The van der Waals surface area contributed by atoms with Gasteiger partial charge in [-0.2, -0.15) is 0 Å². The lowest BCUT2D eigenvalue weighted by molar-refractivity contribution is -0.117. The van der Waals surface area contributed by atoms with Crippen LogP contribution in [-0.2, 0) is 4.79 Å². The van der Waals surface area contributed by atoms with E-state index < -0.39 is 0 Å². The fourth-order valence-corrected chi connectivity index (χ4v) is 4.53. The zero-order valence-corrected chi connectivity index (χ0v) is 15.5. The first kappa shape index (κ1) is 16.1. The molecule has 1 atom stereocenters. The highest BCUT2D eigenvalue weighted by Crippen LogP contribution is 2.49. The molecule has 0 aliphatic carbocycles. The normalized spacial score (nSPS) is 21.0. The highest BCUT2D eigenvalue weighted by atomic mass is 16.5. The number of rotatable bonds is 2. The number of fused-ring (bicyclic) bond motifs is 5. The fourth-order valence-electron chi connectivity index (χ4n) is 4.53. The summed E-state index contributed by atoms with van der Waals surface area (Å²) in [6.07, 6.45) is 3.72. The van der Waals surface area contributed by atoms with Crippen molar-refractivity contribution in [3.8, 4) is 5.75 Å². The highest BCUT2D eigenvalue weighted by Gasteiger charge is 2.45. The van der Waals surface area contributed by atoms with Gasteiger partial charge in [0.25, 0.3) is 0 Å². The van der Waals surface area contributed by atoms with E-state index in [0.29, 0.717) is 6.42 Å². The van der Waals surface area contributed by atoms with Gasteiger partial charge < -0.3 is 9.64 Å². The van der Waals surface area contributed by atoms with E-state index in [2.05, 4.69) is 61.5 Å². The molecular weight excluding hydrogens is 334 g/mol. The first-order chi connectivity index (χ1) is 13.1. The summed E-state index contributed by atoms with van der Waals surface area (Å²) in [6, 6.07) is 20.8. The number of carbonyl (C=O) groups excluding carboxylic acids is 1. The Hall–Kier alpha value is -3.07. The maximum Gasteiger partial charge on any atom is 0.227 e. The summed E-state index contributed by atoms with van der Waals surface area (Å²) in [5.74, 6) is 1.05. The van der Waals surface area contributed by atoms with Crippen LogP contribution in [0.2, 0.25) is 0 Å². The zero-order valence-electron chi connectivity index (χ0n) is 15.5. The lowest BCUT2D eigenvalue weighted by Gasteiger charge is -2.39. The molecule has 3 aromatic carbocycles. The van der Waals surface area contributed by atoms with E-state index in [1.54, 1.807) is 7.11 Å². The fraction of sp³-hybridized carbons (Fsp3) is 0.208. The van der Waals surface area contributed by atoms with Gasteiger partial charge in [0.05, 0.1) is 18.3 Å². The van der Waals surface area contributed by atoms with Gasteiger partial charge in [-0.05, 0) is 53.5 Å². The van der Waals surface area contributed by atoms with Gasteiger partial charge in [-0.15, -0.1) is 0 Å². The van der Waals surface area contributed by atoms with Crippen LogP contribution in [0.25, 0.3) is 16.3 Å². The molecule has 1 fully saturated rings. The summed E-state index contributed by atoms with van der Waals surface area (Å²) < 4.78 is 5.33. The lowest BCUT2D eigenvalue weighted by atomic mass is 9.82. The Labute approximate surface area is 158 Å². The minimum absolute atomic E-state index is 0.207. The number of anilines is 1. The third kappa shape index (κ3) is 2.31. The average Bonchev–Trinajstić information content (AvgIpc) is 3.02. The van der Waals surface area contributed by atoms with Gasteiger partial charge in [0.15, 0.2) is 0 Å². The van der Waals surface area contributed by atoms with Crippen LogP contribution < -0.4 is 9.64 Å². The van der Waals surface area contributed by atoms with Crippen molar-refractivity contribution in [3.05, 3.63) is 77.9 Å². The van der Waals surface area contributed by atoms with E-state index >= 15 is 0 Å². The Balaban J connectivity index is 1.82. The highest BCUT2D eigenvalue weighted by molar-refractivity contribution is 6.11. The molecule has 27 heavy (non-hydrogen) atoms. The molecule has 1 unspecified atom stereocenters. The summed E-state index contributed by atoms with van der Waals surface area (Å²) in [6.45, 7) is 2.17. The summed E-state index contributed by atoms with van der Waals surface area (Å²) in [7, 11) is 1.68. The molecule has 0 saturated carbocycles. The molecule has 0 spiro atoms. The lowest BCUT2D eigenvalue weighted by Crippen LogP contribution is -2.44. The van der Waals surface area contributed by atoms with Crippen LogP contribution in [0.15, 0.2) is 66.7 Å². The monoisotopic (exact) mass is 355 g/mol. The van der Waals surface area contributed by atoms with E-state index in [1.165, 1.54) is 16.3 Å². The molecule has 0 bridgehead atoms. The molecule has 0 radical (unpaired) electrons. The number of hydrogen-bond acceptors (Lipinski definition) is 2. The molecule has 2 heterocycles. The van der Waals surface area contributed by atoms with Crippen molar-refractivity contribution in [2.24, 2.45) is 0 Å². The molecule has 134 valence electrons. The van der Waals surface area contributed by atoms with Crippen molar-refractivity contribution >= 4 is 27.9 Å². The molecule has 0 aromatic heterocycles. The standard InChI is InChI=1S/C24H21NO2/c1-24-14-13-22(26)25(24)21-12-9-16-5-3-4-6-19(16)23(21)20(15-24)17-7-10-18(27-2)11-8-17/h3-12,15H,13-14H2,1-2H3. The Morgan fingerprint density at radius 1 is 1.00 bits per heavy atom. The van der Waals surface area contributed by atoms with Crippen LogP contribution in [0.5, 0.6) is 5.75 Å². The van der Waals surface area contributed by atoms with Crippen LogP contribution in [-0.4, -0.2) is 18.6 Å². The van der Waals surface area contributed by atoms with E-state index in [0.717, 1.165) is 29.0 Å². The second-order valence-corrected chi connectivity index (χ2v) is 7.55. The smallest absolute Gasteiger partial charge is 0.227 e. The van der Waals surface area contributed by atoms with Crippen LogP contribution >= 0.6 is 0 Å². The van der Waals surface area contributed by atoms with E-state index in [9.17, 15) is 4.79 Å². The number of benzene rings is 3. The van der Waals surface area contributed by atoms with E-state index in [4.69, 9.17) is 4.74 Å². The summed E-state index contributed by atoms with van der Waals surface area (Å²) in [5, 5.41) is 2.37. The Morgan fingerprint density at radius 3 is 2.56 bits per heavy atom. The first-order valence-corrected chi connectivity index (χ1v) is 9.33. The molecule has 3 nitrogen and oxygen atoms in total. The molecule has 3 heteroatoms. The largest absolute Gasteiger partial charge is 0.497 e. The Morgan fingerprint density at radius 2 is 1.78 bits per heavy atom. The maximum atomic E-state index is 12.7. The summed E-state index contributed by atoms with van der Waals surface area (Å²) in [4.78, 5) is 14.7. The minimum Gasteiger partial charge on any atom is -0.497 e. The van der Waals surface area contributed by atoms with Gasteiger partial charge in [-0.1, -0.05) is 48.5 Å². The van der Waals surface area contributed by atoms with Crippen LogP contribution in [0.3, 0.4) is 0 Å². The molecule has 1 saturated heterocycles. The van der Waals surface area contributed by atoms with Crippen LogP contribution in [0.1, 0.15) is 30.9 Å². The van der Waals surface area contributed by atoms with Crippen molar-refractivity contribution in [3.63, 3.8) is 0 Å². The van der Waals surface area contributed by atoms with Crippen LogP contribution in [0.4, 0.5) is 5.69 Å². The zero-order chi connectivity index (χ0) is 18.6. The average molecular weight is 355 g/mol. The number of carbonyl (C=O) groups is 1. The maximum absolute atomic E-state index is 12.7. The number of methoxy groups -OCH3 is 1. The summed E-state index contributed by atoms with van der Waals surface area (Å²) in [5.41, 5.74) is 4.23. The quantitative estimate of drug-likeness (QED) is 0.634. The van der Waals surface area contributed by atoms with Gasteiger partial charge >= 0.3 is 0 Å². The van der Waals surface area contributed by atoms with Crippen molar-refractivity contribution in [1.29, 1.82) is 0 Å². The second-order valence-electron chi connectivity index (χ2n) is 7.55. The first-order valence-electron chi connectivity index (χ1n) is 9.33. The second kappa shape index (κ2) is 5.71. The Kier molecular flexibility index (Phi) is 3.41. The predicted molar refractivity (Wildman–Crippen MR) is 109 cm³/mol. The number of ether oxygens (including phenoxy) is 1. The van der Waals surface area contributed by atoms with Gasteiger partial charge in [0.2, 0.25) is 5.91 Å². The van der Waals surface area contributed by atoms with Gasteiger partial charge in [-0.25, -0.2) is 0 Å².